The molecule has 0 aromatic carbocycles. The predicted molar refractivity (Wildman–Crippen MR) is 85.9 cm³/mol. The van der Waals surface area contributed by atoms with Gasteiger partial charge in [-0.05, 0) is 30.7 Å². The number of fused-ring (bicyclic) bond motifs is 1. The van der Waals surface area contributed by atoms with E-state index in [4.69, 9.17) is 5.73 Å². The lowest BCUT2D eigenvalue weighted by Gasteiger charge is -2.28. The molecule has 0 spiro atoms. The Morgan fingerprint density at radius 1 is 1.45 bits per heavy atom. The molecule has 1 aliphatic carbocycles. The van der Waals surface area contributed by atoms with Gasteiger partial charge >= 0.3 is 0 Å². The van der Waals surface area contributed by atoms with E-state index in [-0.39, 0.29) is 11.1 Å². The summed E-state index contributed by atoms with van der Waals surface area (Å²) >= 11 is 0. The van der Waals surface area contributed by atoms with Crippen LogP contribution in [0, 0.1) is 5.92 Å². The summed E-state index contributed by atoms with van der Waals surface area (Å²) in [5.74, 6) is 0.449. The van der Waals surface area contributed by atoms with Crippen LogP contribution in [0.25, 0.3) is 10.9 Å². The third-order valence-corrected chi connectivity index (χ3v) is 4.80. The van der Waals surface area contributed by atoms with Crippen molar-refractivity contribution < 1.29 is 4.79 Å². The molecule has 1 unspecified atom stereocenters. The first-order chi connectivity index (χ1) is 10.6. The first-order valence-corrected chi connectivity index (χ1v) is 7.92. The van der Waals surface area contributed by atoms with Gasteiger partial charge in [-0.2, -0.15) is 0 Å². The minimum Gasteiger partial charge on any atom is -0.364 e. The summed E-state index contributed by atoms with van der Waals surface area (Å²) in [5, 5.41) is 0.293. The molecule has 2 heterocycles. The number of primary amides is 1. The number of hydrogen-bond donors (Lipinski definition) is 2. The number of nitrogens with zero attached hydrogens (tertiary/aromatic N) is 1. The third-order valence-electron chi connectivity index (χ3n) is 4.80. The Morgan fingerprint density at radius 3 is 3.00 bits per heavy atom. The molecule has 1 aliphatic rings. The van der Waals surface area contributed by atoms with Crippen molar-refractivity contribution in [2.75, 3.05) is 0 Å². The van der Waals surface area contributed by atoms with Gasteiger partial charge in [0.05, 0.1) is 10.9 Å². The Balaban J connectivity index is 2.06. The average Bonchev–Trinajstić information content (AvgIpc) is 2.54. The van der Waals surface area contributed by atoms with Crippen molar-refractivity contribution in [3.05, 3.63) is 39.9 Å². The number of nitrogens with one attached hydrogen (secondary N) is 1. The minimum atomic E-state index is -0.674. The molecule has 2 aromatic heterocycles. The van der Waals surface area contributed by atoms with E-state index in [1.165, 1.54) is 25.5 Å². The minimum absolute atomic E-state index is 0.0420. The Bertz CT molecular complexity index is 766. The van der Waals surface area contributed by atoms with Gasteiger partial charge in [0.15, 0.2) is 5.43 Å². The number of nitrogens with two attached hydrogens (primary N) is 1. The van der Waals surface area contributed by atoms with E-state index in [1.807, 2.05) is 0 Å². The highest BCUT2D eigenvalue weighted by molar-refractivity contribution is 6.03. The van der Waals surface area contributed by atoms with Crippen LogP contribution in [0.5, 0.6) is 0 Å². The van der Waals surface area contributed by atoms with Gasteiger partial charge in [0, 0.05) is 18.0 Å². The molecule has 1 saturated carbocycles. The highest BCUT2D eigenvalue weighted by atomic mass is 16.1. The summed E-state index contributed by atoms with van der Waals surface area (Å²) in [5.41, 5.74) is 6.79. The van der Waals surface area contributed by atoms with Crippen LogP contribution in [0.3, 0.4) is 0 Å². The van der Waals surface area contributed by atoms with Crippen LogP contribution >= 0.6 is 0 Å². The van der Waals surface area contributed by atoms with Gasteiger partial charge in [0.25, 0.3) is 5.91 Å². The molecule has 1 fully saturated rings. The van der Waals surface area contributed by atoms with Crippen LogP contribution in [-0.2, 0) is 0 Å². The molecule has 2 atom stereocenters. The van der Waals surface area contributed by atoms with Gasteiger partial charge < -0.3 is 10.7 Å². The molecular weight excluding hydrogens is 278 g/mol. The maximum absolute atomic E-state index is 12.5. The highest BCUT2D eigenvalue weighted by Gasteiger charge is 2.24. The van der Waals surface area contributed by atoms with E-state index < -0.39 is 5.91 Å². The molecular formula is C17H21N3O2. The van der Waals surface area contributed by atoms with E-state index in [1.54, 1.807) is 12.1 Å². The smallest absolute Gasteiger partial charge is 0.268 e. The van der Waals surface area contributed by atoms with E-state index in [0.717, 1.165) is 24.5 Å². The van der Waals surface area contributed by atoms with E-state index in [2.05, 4.69) is 16.9 Å². The maximum atomic E-state index is 12.5. The lowest BCUT2D eigenvalue weighted by atomic mass is 9.78. The maximum Gasteiger partial charge on any atom is 0.268 e. The zero-order chi connectivity index (χ0) is 15.7. The standard InChI is InChI=1S/C17H21N3O2/c1-2-10-4-3-5-11(8-10)13-9-14(21)15-12(20-13)6-7-19-16(15)17(18)22/h6-7,9-11H,2-5,8H2,1H3,(H2,18,22)(H,20,21)/t10?,11-/m0/s1. The Morgan fingerprint density at radius 2 is 2.27 bits per heavy atom. The number of aromatic amines is 1. The van der Waals surface area contributed by atoms with E-state index >= 15 is 0 Å². The fourth-order valence-corrected chi connectivity index (χ4v) is 3.57. The number of H-pyrrole nitrogens is 1. The molecule has 5 heteroatoms. The van der Waals surface area contributed by atoms with Gasteiger partial charge in [-0.1, -0.05) is 26.2 Å². The highest BCUT2D eigenvalue weighted by Crippen LogP contribution is 2.36. The number of rotatable bonds is 3. The van der Waals surface area contributed by atoms with Crippen LogP contribution in [0.15, 0.2) is 23.1 Å². The summed E-state index contributed by atoms with van der Waals surface area (Å²) in [6.45, 7) is 2.22. The van der Waals surface area contributed by atoms with Crippen molar-refractivity contribution in [2.24, 2.45) is 11.7 Å². The fourth-order valence-electron chi connectivity index (χ4n) is 3.57. The number of aromatic nitrogens is 2. The van der Waals surface area contributed by atoms with Crippen LogP contribution in [-0.4, -0.2) is 15.9 Å². The lowest BCUT2D eigenvalue weighted by Crippen LogP contribution is -2.20. The topological polar surface area (TPSA) is 88.8 Å². The quantitative estimate of drug-likeness (QED) is 0.913. The molecule has 1 amide bonds. The van der Waals surface area contributed by atoms with Gasteiger partial charge in [-0.15, -0.1) is 0 Å². The normalized spacial score (nSPS) is 21.9. The molecule has 5 nitrogen and oxygen atoms in total. The SMILES string of the molecule is CCC1CCC[C@H](c2cc(=O)c3c(C(N)=O)nccc3[nH]2)C1. The third kappa shape index (κ3) is 2.63. The van der Waals surface area contributed by atoms with Crippen molar-refractivity contribution in [3.8, 4) is 0 Å². The first kappa shape index (κ1) is 14.8. The summed E-state index contributed by atoms with van der Waals surface area (Å²) in [6, 6.07) is 3.35. The Kier molecular flexibility index (Phi) is 3.96. The number of hydrogen-bond acceptors (Lipinski definition) is 3. The zero-order valence-electron chi connectivity index (χ0n) is 12.8. The molecule has 3 N–H and O–H groups in total. The molecule has 3 rings (SSSR count). The molecule has 0 aliphatic heterocycles. The lowest BCUT2D eigenvalue weighted by molar-refractivity contribution is 0.0997. The van der Waals surface area contributed by atoms with Crippen LogP contribution in [0.1, 0.15) is 61.1 Å². The molecule has 22 heavy (non-hydrogen) atoms. The van der Waals surface area contributed by atoms with E-state index in [0.29, 0.717) is 16.8 Å². The first-order valence-electron chi connectivity index (χ1n) is 7.92. The van der Waals surface area contributed by atoms with E-state index in [9.17, 15) is 9.59 Å². The number of carbonyl (C=O) groups excluding carboxylic acids is 1. The number of pyridine rings is 2. The average molecular weight is 299 g/mol. The van der Waals surface area contributed by atoms with Gasteiger partial charge in [0.2, 0.25) is 0 Å². The zero-order valence-corrected chi connectivity index (χ0v) is 12.8. The van der Waals surface area contributed by atoms with Gasteiger partial charge in [-0.3, -0.25) is 14.6 Å². The van der Waals surface area contributed by atoms with Crippen LogP contribution < -0.4 is 11.2 Å². The summed E-state index contributed by atoms with van der Waals surface area (Å²) in [7, 11) is 0. The van der Waals surface area contributed by atoms with Gasteiger partial charge in [0.1, 0.15) is 5.69 Å². The second-order valence-corrected chi connectivity index (χ2v) is 6.17. The second-order valence-electron chi connectivity index (χ2n) is 6.17. The summed E-state index contributed by atoms with van der Waals surface area (Å²) in [4.78, 5) is 31.2. The Hall–Kier alpha value is -2.17. The fraction of sp³-hybridized carbons (Fsp3) is 0.471. The monoisotopic (exact) mass is 299 g/mol. The van der Waals surface area contributed by atoms with Gasteiger partial charge in [-0.25, -0.2) is 0 Å². The summed E-state index contributed by atoms with van der Waals surface area (Å²) < 4.78 is 0. The Labute approximate surface area is 128 Å². The van der Waals surface area contributed by atoms with Crippen molar-refractivity contribution in [1.29, 1.82) is 0 Å². The largest absolute Gasteiger partial charge is 0.364 e. The molecule has 2 aromatic rings. The second kappa shape index (κ2) is 5.91. The van der Waals surface area contributed by atoms with Crippen molar-refractivity contribution in [2.45, 2.75) is 44.9 Å². The molecule has 116 valence electrons. The molecule has 0 radical (unpaired) electrons. The van der Waals surface area contributed by atoms with Crippen molar-refractivity contribution in [1.82, 2.24) is 9.97 Å². The number of amides is 1. The van der Waals surface area contributed by atoms with Crippen LogP contribution in [0.2, 0.25) is 0 Å². The summed E-state index contributed by atoms with van der Waals surface area (Å²) in [6.07, 6.45) is 7.39. The molecule has 0 bridgehead atoms. The predicted octanol–water partition coefficient (Wildman–Crippen LogP) is 2.71. The van der Waals surface area contributed by atoms with Crippen molar-refractivity contribution in [3.63, 3.8) is 0 Å². The van der Waals surface area contributed by atoms with Crippen molar-refractivity contribution >= 4 is 16.8 Å². The number of carbonyl (C=O) groups is 1. The molecule has 0 saturated heterocycles. The van der Waals surface area contributed by atoms with Crippen LogP contribution in [0.4, 0.5) is 0 Å².